The molecule has 1 fully saturated rings. The van der Waals surface area contributed by atoms with Crippen LogP contribution < -0.4 is 0 Å². The van der Waals surface area contributed by atoms with Crippen LogP contribution in [-0.2, 0) is 11.8 Å². The molecular weight excluding hydrogens is 279 g/mol. The maximum absolute atomic E-state index is 13.3. The van der Waals surface area contributed by atoms with Crippen molar-refractivity contribution in [2.45, 2.75) is 51.8 Å². The van der Waals surface area contributed by atoms with Gasteiger partial charge in [0.1, 0.15) is 0 Å². The van der Waals surface area contributed by atoms with Crippen molar-refractivity contribution >= 4 is 0 Å². The normalized spacial score (nSPS) is 30.7. The van der Waals surface area contributed by atoms with Crippen LogP contribution in [-0.4, -0.2) is 10.1 Å². The molecule has 3 atom stereocenters. The minimum absolute atomic E-state index is 0.0669. The first-order chi connectivity index (χ1) is 9.66. The van der Waals surface area contributed by atoms with Gasteiger partial charge in [-0.2, -0.15) is 13.2 Å². The van der Waals surface area contributed by atoms with Crippen LogP contribution >= 0.6 is 0 Å². The molecule has 118 valence electrons. The number of halogens is 3. The third-order valence-corrected chi connectivity index (χ3v) is 4.64. The van der Waals surface area contributed by atoms with E-state index in [-0.39, 0.29) is 23.3 Å². The molecule has 2 nitrogen and oxygen atoms in total. The lowest BCUT2D eigenvalue weighted by Gasteiger charge is -2.45. The lowest BCUT2D eigenvalue weighted by molar-refractivity contribution is -0.146. The number of hydrogen-bond acceptors (Lipinski definition) is 2. The van der Waals surface area contributed by atoms with Crippen molar-refractivity contribution in [2.75, 3.05) is 0 Å². The zero-order valence-electron chi connectivity index (χ0n) is 12.6. The largest absolute Gasteiger partial charge is 0.416 e. The topological polar surface area (TPSA) is 33.1 Å². The van der Waals surface area contributed by atoms with Crippen molar-refractivity contribution in [3.05, 3.63) is 29.6 Å². The second-order valence-corrected chi connectivity index (χ2v) is 6.58. The van der Waals surface area contributed by atoms with Gasteiger partial charge in [-0.25, -0.2) is 0 Å². The molecule has 1 heterocycles. The molecule has 0 spiro atoms. The average Bonchev–Trinajstić information content (AvgIpc) is 2.37. The SMILES string of the molecule is CC1CCC(C(C)C)C(O)(c2cnccc2C(F)(F)F)C1. The van der Waals surface area contributed by atoms with E-state index in [0.29, 0.717) is 6.42 Å². The summed E-state index contributed by atoms with van der Waals surface area (Å²) in [6.07, 6.45) is -0.127. The van der Waals surface area contributed by atoms with Crippen LogP contribution in [0.25, 0.3) is 0 Å². The smallest absolute Gasteiger partial charge is 0.385 e. The fourth-order valence-electron chi connectivity index (χ4n) is 3.67. The number of rotatable bonds is 2. The Hall–Kier alpha value is -1.10. The Kier molecular flexibility index (Phi) is 4.34. The maximum Gasteiger partial charge on any atom is 0.416 e. The van der Waals surface area contributed by atoms with E-state index in [2.05, 4.69) is 4.98 Å². The Bertz CT molecular complexity index is 501. The standard InChI is InChI=1S/C16H22F3NO/c1-10(2)12-5-4-11(3)8-15(12,21)14-9-20-7-6-13(14)16(17,18)19/h6-7,9-12,21H,4-5,8H2,1-3H3. The van der Waals surface area contributed by atoms with E-state index in [4.69, 9.17) is 0 Å². The fourth-order valence-corrected chi connectivity index (χ4v) is 3.67. The zero-order valence-corrected chi connectivity index (χ0v) is 12.6. The first-order valence-corrected chi connectivity index (χ1v) is 7.40. The number of pyridine rings is 1. The first kappa shape index (κ1) is 16.3. The molecule has 1 aliphatic carbocycles. The summed E-state index contributed by atoms with van der Waals surface area (Å²) in [5, 5.41) is 11.1. The van der Waals surface area contributed by atoms with E-state index < -0.39 is 17.3 Å². The Morgan fingerprint density at radius 2 is 2.00 bits per heavy atom. The number of alkyl halides is 3. The highest BCUT2D eigenvalue weighted by atomic mass is 19.4. The van der Waals surface area contributed by atoms with Gasteiger partial charge in [0.25, 0.3) is 0 Å². The van der Waals surface area contributed by atoms with Crippen LogP contribution in [0.2, 0.25) is 0 Å². The Morgan fingerprint density at radius 3 is 2.57 bits per heavy atom. The molecule has 0 bridgehead atoms. The molecular formula is C16H22F3NO. The van der Waals surface area contributed by atoms with Gasteiger partial charge in [0.2, 0.25) is 0 Å². The second kappa shape index (κ2) is 5.59. The van der Waals surface area contributed by atoms with Gasteiger partial charge in [0.05, 0.1) is 11.2 Å². The summed E-state index contributed by atoms with van der Waals surface area (Å²) in [6, 6.07) is 0.962. The second-order valence-electron chi connectivity index (χ2n) is 6.58. The third kappa shape index (κ3) is 3.07. The molecule has 1 aliphatic rings. The van der Waals surface area contributed by atoms with Crippen LogP contribution in [0, 0.1) is 17.8 Å². The molecule has 3 unspecified atom stereocenters. The third-order valence-electron chi connectivity index (χ3n) is 4.64. The van der Waals surface area contributed by atoms with Gasteiger partial charge < -0.3 is 5.11 Å². The predicted molar refractivity (Wildman–Crippen MR) is 74.5 cm³/mol. The summed E-state index contributed by atoms with van der Waals surface area (Å²) in [7, 11) is 0. The molecule has 0 aromatic carbocycles. The number of nitrogens with zero attached hydrogens (tertiary/aromatic N) is 1. The van der Waals surface area contributed by atoms with Gasteiger partial charge in [-0.3, -0.25) is 4.98 Å². The van der Waals surface area contributed by atoms with Crippen LogP contribution in [0.3, 0.4) is 0 Å². The van der Waals surface area contributed by atoms with Gasteiger partial charge in [0, 0.05) is 18.0 Å². The Morgan fingerprint density at radius 1 is 1.33 bits per heavy atom. The molecule has 0 aliphatic heterocycles. The molecule has 1 aromatic heterocycles. The highest BCUT2D eigenvalue weighted by Crippen LogP contribution is 2.49. The van der Waals surface area contributed by atoms with Crippen molar-refractivity contribution in [2.24, 2.45) is 17.8 Å². The Labute approximate surface area is 123 Å². The van der Waals surface area contributed by atoms with E-state index in [9.17, 15) is 18.3 Å². The minimum Gasteiger partial charge on any atom is -0.385 e. The van der Waals surface area contributed by atoms with Crippen molar-refractivity contribution in [1.29, 1.82) is 0 Å². The van der Waals surface area contributed by atoms with Gasteiger partial charge in [-0.15, -0.1) is 0 Å². The Balaban J connectivity index is 2.55. The summed E-state index contributed by atoms with van der Waals surface area (Å²) in [4.78, 5) is 3.84. The lowest BCUT2D eigenvalue weighted by atomic mass is 9.64. The summed E-state index contributed by atoms with van der Waals surface area (Å²) in [5.74, 6) is 0.133. The van der Waals surface area contributed by atoms with Crippen LogP contribution in [0.5, 0.6) is 0 Å². The van der Waals surface area contributed by atoms with E-state index >= 15 is 0 Å². The molecule has 1 saturated carbocycles. The molecule has 0 amide bonds. The zero-order chi connectivity index (χ0) is 15.8. The summed E-state index contributed by atoms with van der Waals surface area (Å²) < 4.78 is 39.8. The number of aromatic nitrogens is 1. The molecule has 2 rings (SSSR count). The van der Waals surface area contributed by atoms with Crippen molar-refractivity contribution in [3.63, 3.8) is 0 Å². The van der Waals surface area contributed by atoms with E-state index in [1.54, 1.807) is 0 Å². The van der Waals surface area contributed by atoms with Crippen LogP contribution in [0.4, 0.5) is 13.2 Å². The summed E-state index contributed by atoms with van der Waals surface area (Å²) in [6.45, 7) is 5.88. The van der Waals surface area contributed by atoms with E-state index in [1.165, 1.54) is 6.20 Å². The molecule has 1 N–H and O–H groups in total. The van der Waals surface area contributed by atoms with Crippen molar-refractivity contribution < 1.29 is 18.3 Å². The lowest BCUT2D eigenvalue weighted by Crippen LogP contribution is -2.44. The van der Waals surface area contributed by atoms with E-state index in [1.807, 2.05) is 20.8 Å². The van der Waals surface area contributed by atoms with Gasteiger partial charge in [0.15, 0.2) is 0 Å². The number of hydrogen-bond donors (Lipinski definition) is 1. The fraction of sp³-hybridized carbons (Fsp3) is 0.688. The quantitative estimate of drug-likeness (QED) is 0.879. The molecule has 1 aromatic rings. The maximum atomic E-state index is 13.3. The average molecular weight is 301 g/mol. The highest BCUT2D eigenvalue weighted by molar-refractivity contribution is 5.33. The molecule has 5 heteroatoms. The van der Waals surface area contributed by atoms with E-state index in [0.717, 1.165) is 25.1 Å². The number of aliphatic hydroxyl groups is 1. The summed E-state index contributed by atoms with van der Waals surface area (Å²) in [5.41, 5.74) is -2.28. The van der Waals surface area contributed by atoms with Crippen molar-refractivity contribution in [1.82, 2.24) is 4.98 Å². The highest BCUT2D eigenvalue weighted by Gasteiger charge is 2.48. The monoisotopic (exact) mass is 301 g/mol. The molecule has 21 heavy (non-hydrogen) atoms. The van der Waals surface area contributed by atoms with Gasteiger partial charge in [-0.1, -0.05) is 27.2 Å². The minimum atomic E-state index is -4.48. The van der Waals surface area contributed by atoms with Crippen LogP contribution in [0.15, 0.2) is 18.5 Å². The van der Waals surface area contributed by atoms with Gasteiger partial charge in [-0.05, 0) is 36.7 Å². The van der Waals surface area contributed by atoms with Gasteiger partial charge >= 0.3 is 6.18 Å². The molecule has 0 saturated heterocycles. The van der Waals surface area contributed by atoms with Crippen LogP contribution in [0.1, 0.15) is 51.2 Å². The first-order valence-electron chi connectivity index (χ1n) is 7.40. The van der Waals surface area contributed by atoms with Crippen molar-refractivity contribution in [3.8, 4) is 0 Å². The summed E-state index contributed by atoms with van der Waals surface area (Å²) >= 11 is 0. The predicted octanol–water partition coefficient (Wildman–Crippen LogP) is 4.38. The molecule has 0 radical (unpaired) electrons.